The summed E-state index contributed by atoms with van der Waals surface area (Å²) in [5, 5.41) is 5.12. The molecule has 29 heavy (non-hydrogen) atoms. The first kappa shape index (κ1) is 21.7. The fourth-order valence-corrected chi connectivity index (χ4v) is 4.33. The van der Waals surface area contributed by atoms with Crippen molar-refractivity contribution in [3.63, 3.8) is 0 Å². The zero-order chi connectivity index (χ0) is 19.5. The molecule has 1 aliphatic heterocycles. The lowest BCUT2D eigenvalue weighted by molar-refractivity contribution is 0.0376. The minimum absolute atomic E-state index is 0. The molecule has 0 spiro atoms. The third kappa shape index (κ3) is 4.95. The van der Waals surface area contributed by atoms with E-state index in [1.165, 1.54) is 0 Å². The van der Waals surface area contributed by atoms with Crippen LogP contribution in [0.4, 0.5) is 5.13 Å². The van der Waals surface area contributed by atoms with Crippen LogP contribution in [0.5, 0.6) is 0 Å². The zero-order valence-corrected chi connectivity index (χ0v) is 18.3. The van der Waals surface area contributed by atoms with Crippen LogP contribution in [0.1, 0.15) is 22.6 Å². The van der Waals surface area contributed by atoms with E-state index >= 15 is 0 Å². The van der Waals surface area contributed by atoms with E-state index < -0.39 is 0 Å². The Bertz CT molecular complexity index is 914. The monoisotopic (exact) mass is 435 g/mol. The summed E-state index contributed by atoms with van der Waals surface area (Å²) in [5.41, 5.74) is 2.34. The quantitative estimate of drug-likeness (QED) is 0.595. The SMILES string of the molecule is Cc1cc(C(=O)N(CCCN2CCOCC2)c2nc3ccccc3s2)nn1C.Cl. The molecule has 0 radical (unpaired) electrons. The summed E-state index contributed by atoms with van der Waals surface area (Å²) in [7, 11) is 1.85. The highest BCUT2D eigenvalue weighted by molar-refractivity contribution is 7.22. The van der Waals surface area contributed by atoms with Gasteiger partial charge in [-0.1, -0.05) is 23.5 Å². The molecule has 4 rings (SSSR count). The first-order valence-corrected chi connectivity index (χ1v) is 10.4. The Morgan fingerprint density at radius 3 is 2.72 bits per heavy atom. The summed E-state index contributed by atoms with van der Waals surface area (Å²) in [4.78, 5) is 22.1. The highest BCUT2D eigenvalue weighted by Gasteiger charge is 2.24. The van der Waals surface area contributed by atoms with E-state index in [4.69, 9.17) is 9.72 Å². The van der Waals surface area contributed by atoms with Crippen molar-refractivity contribution in [2.75, 3.05) is 44.3 Å². The van der Waals surface area contributed by atoms with Gasteiger partial charge >= 0.3 is 0 Å². The van der Waals surface area contributed by atoms with Crippen molar-refractivity contribution >= 4 is 45.0 Å². The number of halogens is 1. The van der Waals surface area contributed by atoms with Gasteiger partial charge in [0, 0.05) is 38.9 Å². The molecule has 156 valence electrons. The van der Waals surface area contributed by atoms with Crippen LogP contribution < -0.4 is 4.90 Å². The van der Waals surface area contributed by atoms with E-state index in [0.717, 1.165) is 60.3 Å². The number of anilines is 1. The second-order valence-corrected chi connectivity index (χ2v) is 8.03. The molecule has 0 N–H and O–H groups in total. The maximum Gasteiger partial charge on any atom is 0.280 e. The Morgan fingerprint density at radius 2 is 2.03 bits per heavy atom. The standard InChI is InChI=1S/C20H25N5O2S.ClH/c1-15-14-17(22-23(15)2)19(26)25(9-5-8-24-10-12-27-13-11-24)20-21-16-6-3-4-7-18(16)28-20;/h3-4,6-7,14H,5,8-13H2,1-2H3;1H. The van der Waals surface area contributed by atoms with Crippen molar-refractivity contribution in [3.8, 4) is 0 Å². The number of amides is 1. The van der Waals surface area contributed by atoms with Gasteiger partial charge in [-0.15, -0.1) is 12.4 Å². The number of benzene rings is 1. The number of thiazole rings is 1. The maximum atomic E-state index is 13.3. The number of ether oxygens (including phenoxy) is 1. The molecule has 1 aromatic carbocycles. The molecule has 0 atom stereocenters. The molecular formula is C20H26ClN5O2S. The summed E-state index contributed by atoms with van der Waals surface area (Å²) in [6.07, 6.45) is 0.882. The molecule has 0 bridgehead atoms. The number of rotatable bonds is 6. The van der Waals surface area contributed by atoms with Gasteiger partial charge in [0.15, 0.2) is 10.8 Å². The van der Waals surface area contributed by atoms with E-state index in [1.54, 1.807) is 20.9 Å². The van der Waals surface area contributed by atoms with Crippen molar-refractivity contribution < 1.29 is 9.53 Å². The smallest absolute Gasteiger partial charge is 0.280 e. The number of hydrogen-bond donors (Lipinski definition) is 0. The van der Waals surface area contributed by atoms with E-state index in [0.29, 0.717) is 12.2 Å². The van der Waals surface area contributed by atoms with Gasteiger partial charge in [0.05, 0.1) is 23.4 Å². The summed E-state index contributed by atoms with van der Waals surface area (Å²) in [6.45, 7) is 6.99. The number of morpholine rings is 1. The lowest BCUT2D eigenvalue weighted by atomic mass is 10.3. The van der Waals surface area contributed by atoms with Gasteiger partial charge in [-0.25, -0.2) is 4.98 Å². The fourth-order valence-electron chi connectivity index (χ4n) is 3.34. The van der Waals surface area contributed by atoms with Crippen LogP contribution >= 0.6 is 23.7 Å². The molecule has 2 aromatic heterocycles. The molecule has 1 amide bonds. The third-order valence-electron chi connectivity index (χ3n) is 5.05. The number of carbonyl (C=O) groups is 1. The van der Waals surface area contributed by atoms with Gasteiger partial charge in [0.2, 0.25) is 0 Å². The number of nitrogens with zero attached hydrogens (tertiary/aromatic N) is 5. The number of aryl methyl sites for hydroxylation is 2. The predicted octanol–water partition coefficient (Wildman–Crippen LogP) is 3.13. The highest BCUT2D eigenvalue weighted by Crippen LogP contribution is 2.29. The van der Waals surface area contributed by atoms with Gasteiger partial charge in [0.25, 0.3) is 5.91 Å². The van der Waals surface area contributed by atoms with Gasteiger partial charge in [-0.3, -0.25) is 19.3 Å². The normalized spacial score (nSPS) is 14.7. The molecule has 1 fully saturated rings. The Morgan fingerprint density at radius 1 is 1.28 bits per heavy atom. The number of hydrogen-bond acceptors (Lipinski definition) is 6. The van der Waals surface area contributed by atoms with Crippen LogP contribution in [-0.4, -0.2) is 65.0 Å². The van der Waals surface area contributed by atoms with Gasteiger partial charge in [0.1, 0.15) is 0 Å². The lowest BCUT2D eigenvalue weighted by Gasteiger charge is -2.27. The van der Waals surface area contributed by atoms with Crippen LogP contribution in [-0.2, 0) is 11.8 Å². The van der Waals surface area contributed by atoms with Crippen LogP contribution in [0.15, 0.2) is 30.3 Å². The number of carbonyl (C=O) groups excluding carboxylic acids is 1. The zero-order valence-electron chi connectivity index (χ0n) is 16.7. The lowest BCUT2D eigenvalue weighted by Crippen LogP contribution is -2.39. The third-order valence-corrected chi connectivity index (χ3v) is 6.11. The molecule has 3 heterocycles. The molecule has 3 aromatic rings. The minimum atomic E-state index is -0.0928. The predicted molar refractivity (Wildman–Crippen MR) is 118 cm³/mol. The van der Waals surface area contributed by atoms with E-state index in [2.05, 4.69) is 10.00 Å². The summed E-state index contributed by atoms with van der Waals surface area (Å²) >= 11 is 1.55. The molecule has 0 saturated carbocycles. The molecule has 1 aliphatic rings. The molecule has 0 aliphatic carbocycles. The second kappa shape index (κ2) is 9.67. The van der Waals surface area contributed by atoms with E-state index in [-0.39, 0.29) is 18.3 Å². The Kier molecular flexibility index (Phi) is 7.23. The maximum absolute atomic E-state index is 13.3. The first-order chi connectivity index (χ1) is 13.6. The van der Waals surface area contributed by atoms with Gasteiger partial charge in [-0.05, 0) is 31.5 Å². The minimum Gasteiger partial charge on any atom is -0.379 e. The molecule has 9 heteroatoms. The largest absolute Gasteiger partial charge is 0.379 e. The number of para-hydroxylation sites is 1. The first-order valence-electron chi connectivity index (χ1n) is 9.60. The highest BCUT2D eigenvalue weighted by atomic mass is 35.5. The summed E-state index contributed by atoms with van der Waals surface area (Å²) < 4.78 is 8.23. The topological polar surface area (TPSA) is 63.5 Å². The van der Waals surface area contributed by atoms with Crippen LogP contribution in [0.3, 0.4) is 0 Å². The Labute approximate surface area is 180 Å². The molecular weight excluding hydrogens is 410 g/mol. The van der Waals surface area contributed by atoms with Crippen LogP contribution in [0, 0.1) is 6.92 Å². The van der Waals surface area contributed by atoms with Crippen molar-refractivity contribution in [2.24, 2.45) is 7.05 Å². The van der Waals surface area contributed by atoms with Crippen LogP contribution in [0.25, 0.3) is 10.2 Å². The Balaban J connectivity index is 0.00000240. The van der Waals surface area contributed by atoms with Gasteiger partial charge in [-0.2, -0.15) is 5.10 Å². The molecule has 0 unspecified atom stereocenters. The summed E-state index contributed by atoms with van der Waals surface area (Å²) in [6, 6.07) is 9.83. The number of aromatic nitrogens is 3. The van der Waals surface area contributed by atoms with E-state index in [9.17, 15) is 4.79 Å². The average molecular weight is 436 g/mol. The number of fused-ring (bicyclic) bond motifs is 1. The van der Waals surface area contributed by atoms with Crippen molar-refractivity contribution in [1.82, 2.24) is 19.7 Å². The van der Waals surface area contributed by atoms with Crippen molar-refractivity contribution in [2.45, 2.75) is 13.3 Å². The second-order valence-electron chi connectivity index (χ2n) is 7.02. The molecule has 7 nitrogen and oxygen atoms in total. The van der Waals surface area contributed by atoms with Crippen molar-refractivity contribution in [3.05, 3.63) is 41.7 Å². The Hall–Kier alpha value is -2.00. The fraction of sp³-hybridized carbons (Fsp3) is 0.450. The van der Waals surface area contributed by atoms with Crippen molar-refractivity contribution in [1.29, 1.82) is 0 Å². The van der Waals surface area contributed by atoms with Crippen LogP contribution in [0.2, 0.25) is 0 Å². The summed E-state index contributed by atoms with van der Waals surface area (Å²) in [5.74, 6) is -0.0928. The van der Waals surface area contributed by atoms with E-state index in [1.807, 2.05) is 44.3 Å². The van der Waals surface area contributed by atoms with Gasteiger partial charge < -0.3 is 4.74 Å². The molecule has 1 saturated heterocycles. The average Bonchev–Trinajstić information content (AvgIpc) is 3.29.